The second kappa shape index (κ2) is 5.31. The third-order valence-corrected chi connectivity index (χ3v) is 4.93. The smallest absolute Gasteiger partial charge is 0.152 e. The van der Waals surface area contributed by atoms with E-state index >= 15 is 0 Å². The molecule has 2 atom stereocenters. The van der Waals surface area contributed by atoms with Gasteiger partial charge in [-0.05, 0) is 18.9 Å². The van der Waals surface area contributed by atoms with E-state index in [2.05, 4.69) is 26.4 Å². The molecule has 1 fully saturated rings. The van der Waals surface area contributed by atoms with Gasteiger partial charge in [-0.2, -0.15) is 5.10 Å². The first-order chi connectivity index (χ1) is 10.8. The number of aliphatic hydroxyl groups excluding tert-OH is 1. The molecule has 4 rings (SSSR count). The minimum atomic E-state index is 0.140. The summed E-state index contributed by atoms with van der Waals surface area (Å²) in [5.74, 6) is 0.460. The molecule has 1 aliphatic rings. The molecular formula is C14H16N6OS. The lowest BCUT2D eigenvalue weighted by atomic mass is 10.1. The van der Waals surface area contributed by atoms with Crippen LogP contribution >= 0.6 is 11.3 Å². The third kappa shape index (κ3) is 2.07. The van der Waals surface area contributed by atoms with Crippen LogP contribution in [0, 0.1) is 0 Å². The quantitative estimate of drug-likeness (QED) is 0.671. The minimum absolute atomic E-state index is 0.140. The molecule has 0 unspecified atom stereocenters. The molecule has 22 heavy (non-hydrogen) atoms. The molecule has 0 aliphatic carbocycles. The van der Waals surface area contributed by atoms with Crippen LogP contribution in [0.15, 0.2) is 24.1 Å². The summed E-state index contributed by atoms with van der Waals surface area (Å²) in [6, 6.07) is 2.40. The summed E-state index contributed by atoms with van der Waals surface area (Å²) in [6.45, 7) is 0.151. The summed E-state index contributed by atoms with van der Waals surface area (Å²) < 4.78 is 1.86. The van der Waals surface area contributed by atoms with Gasteiger partial charge in [-0.15, -0.1) is 11.3 Å². The number of nitrogen functional groups attached to an aromatic ring is 1. The summed E-state index contributed by atoms with van der Waals surface area (Å²) in [7, 11) is 0. The maximum Gasteiger partial charge on any atom is 0.152 e. The van der Waals surface area contributed by atoms with Crippen molar-refractivity contribution in [3.63, 3.8) is 0 Å². The van der Waals surface area contributed by atoms with E-state index in [4.69, 9.17) is 5.73 Å². The van der Waals surface area contributed by atoms with Crippen LogP contribution in [0.2, 0.25) is 0 Å². The predicted molar refractivity (Wildman–Crippen MR) is 84.5 cm³/mol. The van der Waals surface area contributed by atoms with Gasteiger partial charge in [0.25, 0.3) is 0 Å². The van der Waals surface area contributed by atoms with E-state index in [-0.39, 0.29) is 18.7 Å². The normalized spacial score (nSPS) is 21.7. The Bertz CT molecular complexity index is 799. The largest absolute Gasteiger partial charge is 0.395 e. The molecule has 1 saturated heterocycles. The van der Waals surface area contributed by atoms with Gasteiger partial charge in [-0.3, -0.25) is 4.98 Å². The van der Waals surface area contributed by atoms with E-state index in [9.17, 15) is 5.11 Å². The number of fused-ring (bicyclic) bond motifs is 1. The number of aromatic nitrogens is 4. The summed E-state index contributed by atoms with van der Waals surface area (Å²) in [6.07, 6.45) is 5.21. The van der Waals surface area contributed by atoms with Crippen molar-refractivity contribution in [2.75, 3.05) is 12.3 Å². The Morgan fingerprint density at radius 1 is 1.45 bits per heavy atom. The molecule has 4 N–H and O–H groups in total. The fourth-order valence-electron chi connectivity index (χ4n) is 3.07. The summed E-state index contributed by atoms with van der Waals surface area (Å²) >= 11 is 1.56. The fraction of sp³-hybridized carbons (Fsp3) is 0.357. The Kier molecular flexibility index (Phi) is 3.29. The lowest BCUT2D eigenvalue weighted by Gasteiger charge is -2.12. The molecule has 3 aromatic rings. The maximum atomic E-state index is 9.32. The number of nitrogens with two attached hydrogens (primary N) is 1. The Balaban J connectivity index is 1.88. The first-order valence-electron chi connectivity index (χ1n) is 7.16. The van der Waals surface area contributed by atoms with Crippen molar-refractivity contribution in [2.45, 2.75) is 24.9 Å². The average molecular weight is 316 g/mol. The molecule has 7 nitrogen and oxygen atoms in total. The second-order valence-corrected chi connectivity index (χ2v) is 6.32. The zero-order chi connectivity index (χ0) is 15.1. The van der Waals surface area contributed by atoms with E-state index < -0.39 is 0 Å². The summed E-state index contributed by atoms with van der Waals surface area (Å²) in [5.41, 5.74) is 10.7. The van der Waals surface area contributed by atoms with Gasteiger partial charge in [0.2, 0.25) is 0 Å². The van der Waals surface area contributed by atoms with Crippen LogP contribution in [-0.2, 0) is 0 Å². The molecule has 0 bridgehead atoms. The summed E-state index contributed by atoms with van der Waals surface area (Å²) in [5, 5.41) is 17.1. The van der Waals surface area contributed by atoms with Crippen molar-refractivity contribution < 1.29 is 5.11 Å². The maximum absolute atomic E-state index is 9.32. The number of nitrogens with one attached hydrogen (secondary N) is 1. The summed E-state index contributed by atoms with van der Waals surface area (Å²) in [4.78, 5) is 9.31. The van der Waals surface area contributed by atoms with Gasteiger partial charge in [0.1, 0.15) is 11.8 Å². The number of aliphatic hydroxyl groups is 1. The van der Waals surface area contributed by atoms with Gasteiger partial charge in [0.15, 0.2) is 5.82 Å². The first kappa shape index (κ1) is 13.6. The zero-order valence-electron chi connectivity index (χ0n) is 11.8. The highest BCUT2D eigenvalue weighted by Gasteiger charge is 2.28. The Labute approximate surface area is 130 Å². The second-order valence-electron chi connectivity index (χ2n) is 5.43. The van der Waals surface area contributed by atoms with Crippen molar-refractivity contribution in [2.24, 2.45) is 0 Å². The monoisotopic (exact) mass is 316 g/mol. The van der Waals surface area contributed by atoms with E-state index in [0.717, 1.165) is 34.5 Å². The highest BCUT2D eigenvalue weighted by molar-refractivity contribution is 7.13. The molecule has 0 aromatic carbocycles. The number of hydrogen-bond donors (Lipinski definition) is 3. The molecule has 3 aromatic heterocycles. The molecule has 0 spiro atoms. The first-order valence-corrected chi connectivity index (χ1v) is 8.03. The number of rotatable bonds is 3. The minimum Gasteiger partial charge on any atom is -0.395 e. The fourth-order valence-corrected chi connectivity index (χ4v) is 3.71. The van der Waals surface area contributed by atoms with Crippen LogP contribution in [0.5, 0.6) is 0 Å². The highest BCUT2D eigenvalue weighted by Crippen LogP contribution is 2.36. The lowest BCUT2D eigenvalue weighted by Crippen LogP contribution is -2.28. The zero-order valence-corrected chi connectivity index (χ0v) is 12.6. The average Bonchev–Trinajstić information content (AvgIpc) is 3.26. The van der Waals surface area contributed by atoms with Crippen LogP contribution in [0.1, 0.15) is 24.6 Å². The van der Waals surface area contributed by atoms with Crippen LogP contribution < -0.4 is 11.1 Å². The van der Waals surface area contributed by atoms with E-state index in [0.29, 0.717) is 5.82 Å². The van der Waals surface area contributed by atoms with Crippen LogP contribution in [-0.4, -0.2) is 37.3 Å². The molecule has 8 heteroatoms. The van der Waals surface area contributed by atoms with Gasteiger partial charge in [-0.1, -0.05) is 0 Å². The molecule has 0 radical (unpaired) electrons. The third-order valence-electron chi connectivity index (χ3n) is 4.13. The van der Waals surface area contributed by atoms with E-state index in [1.807, 2.05) is 10.7 Å². The van der Waals surface area contributed by atoms with Gasteiger partial charge in [-0.25, -0.2) is 9.50 Å². The van der Waals surface area contributed by atoms with Crippen LogP contribution in [0.4, 0.5) is 5.82 Å². The molecule has 4 heterocycles. The molecular weight excluding hydrogens is 300 g/mol. The molecule has 114 valence electrons. The Morgan fingerprint density at radius 3 is 3.09 bits per heavy atom. The van der Waals surface area contributed by atoms with Crippen LogP contribution in [0.25, 0.3) is 16.0 Å². The van der Waals surface area contributed by atoms with Crippen molar-refractivity contribution in [3.05, 3.63) is 29.8 Å². The van der Waals surface area contributed by atoms with E-state index in [1.165, 1.54) is 6.33 Å². The van der Waals surface area contributed by atoms with Gasteiger partial charge < -0.3 is 16.2 Å². The topological polar surface area (TPSA) is 101 Å². The van der Waals surface area contributed by atoms with Crippen molar-refractivity contribution >= 4 is 22.7 Å². The highest BCUT2D eigenvalue weighted by atomic mass is 32.1. The van der Waals surface area contributed by atoms with Gasteiger partial charge in [0, 0.05) is 23.8 Å². The predicted octanol–water partition coefficient (Wildman–Crippen LogP) is 1.22. The Morgan fingerprint density at radius 2 is 2.36 bits per heavy atom. The van der Waals surface area contributed by atoms with Gasteiger partial charge in [0.05, 0.1) is 22.7 Å². The number of anilines is 1. The van der Waals surface area contributed by atoms with E-state index in [1.54, 1.807) is 16.8 Å². The van der Waals surface area contributed by atoms with Crippen molar-refractivity contribution in [1.82, 2.24) is 24.9 Å². The Hall–Kier alpha value is -2.03. The number of nitrogens with zero attached hydrogens (tertiary/aromatic N) is 4. The lowest BCUT2D eigenvalue weighted by molar-refractivity contribution is 0.251. The SMILES string of the molecule is Nc1ncnn2c([C@H]3CC[C@@H](CO)N3)cc(-c3cncs3)c12. The van der Waals surface area contributed by atoms with Crippen molar-refractivity contribution in [1.29, 1.82) is 0 Å². The van der Waals surface area contributed by atoms with Crippen molar-refractivity contribution in [3.8, 4) is 10.4 Å². The molecule has 0 amide bonds. The standard InChI is InChI=1S/C14H16N6OS/c15-14-13-9(12-4-16-7-22-12)3-11(20(13)18-6-17-14)10-2-1-8(5-21)19-10/h3-4,6-8,10,19,21H,1-2,5H2,(H2,15,17,18)/t8-,10+/m0/s1. The molecule has 1 aliphatic heterocycles. The number of hydrogen-bond acceptors (Lipinski definition) is 7. The van der Waals surface area contributed by atoms with Crippen LogP contribution in [0.3, 0.4) is 0 Å². The molecule has 0 saturated carbocycles. The van der Waals surface area contributed by atoms with Gasteiger partial charge >= 0.3 is 0 Å². The number of thiazole rings is 1.